The van der Waals surface area contributed by atoms with E-state index >= 15 is 0 Å². The van der Waals surface area contributed by atoms with E-state index in [2.05, 4.69) is 25.2 Å². The van der Waals surface area contributed by atoms with Crippen molar-refractivity contribution in [2.75, 3.05) is 18.5 Å². The zero-order valence-corrected chi connectivity index (χ0v) is 17.6. The molecule has 7 heteroatoms. The summed E-state index contributed by atoms with van der Waals surface area (Å²) >= 11 is 0. The first kappa shape index (κ1) is 21.8. The minimum absolute atomic E-state index is 0.00445. The molecule has 2 aliphatic rings. The lowest BCUT2D eigenvalue weighted by atomic mass is 9.77. The lowest BCUT2D eigenvalue weighted by Crippen LogP contribution is -2.45. The van der Waals surface area contributed by atoms with Gasteiger partial charge in [0.1, 0.15) is 0 Å². The summed E-state index contributed by atoms with van der Waals surface area (Å²) < 4.78 is 5.18. The topological polar surface area (TPSA) is 99.5 Å². The van der Waals surface area contributed by atoms with E-state index in [-0.39, 0.29) is 25.0 Å². The highest BCUT2D eigenvalue weighted by Crippen LogP contribution is 2.35. The van der Waals surface area contributed by atoms with E-state index in [1.54, 1.807) is 24.3 Å². The maximum Gasteiger partial charge on any atom is 0.311 e. The minimum Gasteiger partial charge on any atom is -0.455 e. The fourth-order valence-corrected chi connectivity index (χ4v) is 4.45. The van der Waals surface area contributed by atoms with Gasteiger partial charge in [0.25, 0.3) is 5.91 Å². The van der Waals surface area contributed by atoms with Gasteiger partial charge in [-0.2, -0.15) is 5.26 Å². The molecule has 1 aliphatic carbocycles. The summed E-state index contributed by atoms with van der Waals surface area (Å²) in [5.74, 6) is -0.456. The molecular formula is C23H29N3O4. The number of nitriles is 1. The second-order valence-corrected chi connectivity index (χ2v) is 8.47. The van der Waals surface area contributed by atoms with Crippen molar-refractivity contribution in [3.8, 4) is 6.07 Å². The molecule has 0 aromatic heterocycles. The summed E-state index contributed by atoms with van der Waals surface area (Å²) in [5.41, 5.74) is 1.43. The average molecular weight is 412 g/mol. The Kier molecular flexibility index (Phi) is 7.09. The van der Waals surface area contributed by atoms with Crippen molar-refractivity contribution in [1.82, 2.24) is 4.90 Å². The third-order valence-corrected chi connectivity index (χ3v) is 6.42. The summed E-state index contributed by atoms with van der Waals surface area (Å²) in [6.45, 7) is 4.39. The quantitative estimate of drug-likeness (QED) is 0.726. The van der Waals surface area contributed by atoms with E-state index in [0.717, 1.165) is 18.4 Å². The molecule has 1 aliphatic heterocycles. The Hall–Kier alpha value is -2.88. The largest absolute Gasteiger partial charge is 0.455 e. The predicted octanol–water partition coefficient (Wildman–Crippen LogP) is 2.91. The van der Waals surface area contributed by atoms with Crippen molar-refractivity contribution in [2.24, 2.45) is 17.8 Å². The number of nitrogens with zero attached hydrogens (tertiary/aromatic N) is 2. The molecule has 1 saturated heterocycles. The first-order valence-electron chi connectivity index (χ1n) is 10.6. The summed E-state index contributed by atoms with van der Waals surface area (Å²) in [7, 11) is 0. The van der Waals surface area contributed by atoms with Gasteiger partial charge in [-0.3, -0.25) is 14.4 Å². The molecular weight excluding hydrogens is 382 g/mol. The van der Waals surface area contributed by atoms with Gasteiger partial charge < -0.3 is 15.0 Å². The highest BCUT2D eigenvalue weighted by molar-refractivity contribution is 5.93. The molecule has 0 radical (unpaired) electrons. The molecule has 1 N–H and O–H groups in total. The number of anilines is 1. The molecule has 7 nitrogen and oxygen atoms in total. The molecule has 1 aromatic rings. The highest BCUT2D eigenvalue weighted by Gasteiger charge is 2.42. The minimum atomic E-state index is -0.514. The number of nitrogens with one attached hydrogen (secondary N) is 1. The molecule has 0 bridgehead atoms. The first-order chi connectivity index (χ1) is 14.4. The van der Waals surface area contributed by atoms with Crippen molar-refractivity contribution in [1.29, 1.82) is 5.26 Å². The Balaban J connectivity index is 1.47. The number of amides is 2. The van der Waals surface area contributed by atoms with E-state index in [0.29, 0.717) is 30.5 Å². The number of likely N-dealkylation sites (tertiary alicyclic amines) is 1. The van der Waals surface area contributed by atoms with Gasteiger partial charge in [0.2, 0.25) is 5.91 Å². The van der Waals surface area contributed by atoms with Crippen molar-refractivity contribution >= 4 is 23.5 Å². The Morgan fingerprint density at radius 3 is 2.67 bits per heavy atom. The summed E-state index contributed by atoms with van der Waals surface area (Å²) in [4.78, 5) is 38.9. The molecule has 0 spiro atoms. The van der Waals surface area contributed by atoms with E-state index < -0.39 is 17.8 Å². The number of ether oxygens (including phenoxy) is 1. The molecule has 0 unspecified atom stereocenters. The molecule has 1 heterocycles. The Labute approximate surface area is 177 Å². The van der Waals surface area contributed by atoms with Crippen LogP contribution < -0.4 is 5.32 Å². The van der Waals surface area contributed by atoms with Crippen LogP contribution in [0.2, 0.25) is 0 Å². The molecule has 1 aromatic carbocycles. The first-order valence-corrected chi connectivity index (χ1v) is 10.6. The lowest BCUT2D eigenvalue weighted by Gasteiger charge is -2.39. The Morgan fingerprint density at radius 2 is 1.97 bits per heavy atom. The van der Waals surface area contributed by atoms with Gasteiger partial charge in [-0.1, -0.05) is 38.8 Å². The van der Waals surface area contributed by atoms with E-state index in [4.69, 9.17) is 10.00 Å². The van der Waals surface area contributed by atoms with Crippen molar-refractivity contribution in [2.45, 2.75) is 52.0 Å². The number of carbonyl (C=O) groups is 3. The van der Waals surface area contributed by atoms with Crippen LogP contribution in [0.15, 0.2) is 24.3 Å². The normalized spacial score (nSPS) is 26.2. The fourth-order valence-electron chi connectivity index (χ4n) is 4.45. The maximum absolute atomic E-state index is 12.5. The second kappa shape index (κ2) is 9.75. The Morgan fingerprint density at radius 1 is 1.23 bits per heavy atom. The molecule has 3 rings (SSSR count). The van der Waals surface area contributed by atoms with Crippen LogP contribution in [0.25, 0.3) is 0 Å². The van der Waals surface area contributed by atoms with Gasteiger partial charge >= 0.3 is 5.97 Å². The third kappa shape index (κ3) is 5.18. The Bertz CT molecular complexity index is 830. The predicted molar refractivity (Wildman–Crippen MR) is 111 cm³/mol. The molecule has 4 atom stereocenters. The van der Waals surface area contributed by atoms with Crippen LogP contribution in [0.3, 0.4) is 0 Å². The second-order valence-electron chi connectivity index (χ2n) is 8.47. The zero-order chi connectivity index (χ0) is 21.7. The van der Waals surface area contributed by atoms with Crippen LogP contribution in [0.5, 0.6) is 0 Å². The number of esters is 1. The van der Waals surface area contributed by atoms with Gasteiger partial charge in [0.15, 0.2) is 6.61 Å². The molecule has 30 heavy (non-hydrogen) atoms. The number of hydrogen-bond donors (Lipinski definition) is 1. The van der Waals surface area contributed by atoms with Crippen LogP contribution in [0.1, 0.15) is 45.1 Å². The third-order valence-electron chi connectivity index (χ3n) is 6.42. The van der Waals surface area contributed by atoms with Crippen molar-refractivity contribution in [3.05, 3.63) is 29.8 Å². The van der Waals surface area contributed by atoms with E-state index in [1.165, 1.54) is 6.42 Å². The van der Waals surface area contributed by atoms with Gasteiger partial charge in [0, 0.05) is 24.7 Å². The van der Waals surface area contributed by atoms with Crippen LogP contribution in [-0.4, -0.2) is 41.9 Å². The van der Waals surface area contributed by atoms with E-state index in [1.807, 2.05) is 4.90 Å². The van der Waals surface area contributed by atoms with Crippen LogP contribution >= 0.6 is 0 Å². The summed E-state index contributed by atoms with van der Waals surface area (Å²) in [6, 6.07) is 9.17. The number of rotatable bonds is 6. The van der Waals surface area contributed by atoms with Crippen molar-refractivity contribution in [3.63, 3.8) is 0 Å². The molecule has 1 saturated carbocycles. The van der Waals surface area contributed by atoms with E-state index in [9.17, 15) is 14.4 Å². The van der Waals surface area contributed by atoms with Gasteiger partial charge in [-0.15, -0.1) is 0 Å². The number of hydrogen-bond acceptors (Lipinski definition) is 5. The molecule has 2 amide bonds. The van der Waals surface area contributed by atoms with Crippen LogP contribution in [-0.2, 0) is 25.5 Å². The van der Waals surface area contributed by atoms with Gasteiger partial charge in [0.05, 0.1) is 18.4 Å². The molecule has 160 valence electrons. The summed E-state index contributed by atoms with van der Waals surface area (Å²) in [5, 5.41) is 11.3. The van der Waals surface area contributed by atoms with Crippen LogP contribution in [0.4, 0.5) is 5.69 Å². The molecule has 2 fully saturated rings. The standard InChI is InChI=1S/C23H29N3O4/c1-15-4-3-5-20(16(15)2)26-13-18(12-22(26)28)23(29)30-14-21(27)25-19-8-6-17(7-9-19)10-11-24/h6-9,15-16,18,20H,3-5,10,12-14H2,1-2H3,(H,25,27)/t15-,16-,18-,20+/m1/s1. The lowest BCUT2D eigenvalue weighted by molar-refractivity contribution is -0.151. The average Bonchev–Trinajstić information content (AvgIpc) is 3.11. The van der Waals surface area contributed by atoms with Crippen LogP contribution in [0, 0.1) is 29.1 Å². The summed E-state index contributed by atoms with van der Waals surface area (Å²) in [6.07, 6.45) is 3.72. The fraction of sp³-hybridized carbons (Fsp3) is 0.565. The SMILES string of the molecule is C[C@@H]1[C@H](C)CCC[C@@H]1N1C[C@H](C(=O)OCC(=O)Nc2ccc(CC#N)cc2)CC1=O. The number of benzene rings is 1. The van der Waals surface area contributed by atoms with Gasteiger partial charge in [-0.25, -0.2) is 0 Å². The van der Waals surface area contributed by atoms with Crippen molar-refractivity contribution < 1.29 is 19.1 Å². The smallest absolute Gasteiger partial charge is 0.311 e. The monoisotopic (exact) mass is 411 g/mol. The zero-order valence-electron chi connectivity index (χ0n) is 17.6. The van der Waals surface area contributed by atoms with Gasteiger partial charge in [-0.05, 0) is 36.0 Å². The number of carbonyl (C=O) groups excluding carboxylic acids is 3. The maximum atomic E-state index is 12.5. The highest BCUT2D eigenvalue weighted by atomic mass is 16.5.